The van der Waals surface area contributed by atoms with Crippen molar-refractivity contribution in [3.05, 3.63) is 41.6 Å². The highest BCUT2D eigenvalue weighted by Gasteiger charge is 2.16. The Labute approximate surface area is 137 Å². The van der Waals surface area contributed by atoms with E-state index in [9.17, 15) is 4.79 Å². The van der Waals surface area contributed by atoms with E-state index < -0.39 is 0 Å². The van der Waals surface area contributed by atoms with Crippen LogP contribution in [0.5, 0.6) is 0 Å². The molecule has 0 saturated carbocycles. The molecule has 1 unspecified atom stereocenters. The summed E-state index contributed by atoms with van der Waals surface area (Å²) in [5, 5.41) is 7.38. The molecule has 3 rings (SSSR count). The summed E-state index contributed by atoms with van der Waals surface area (Å²) < 4.78 is 0. The van der Waals surface area contributed by atoms with Crippen molar-refractivity contribution in [2.75, 3.05) is 19.6 Å². The van der Waals surface area contributed by atoms with Gasteiger partial charge in [-0.25, -0.2) is 0 Å². The molecule has 0 aliphatic carbocycles. The SMILES string of the molecule is CC(C)c1cc(C(=O)NCCC2CCNC2)c2ccccc2n1. The van der Waals surface area contributed by atoms with E-state index >= 15 is 0 Å². The summed E-state index contributed by atoms with van der Waals surface area (Å²) in [6, 6.07) is 9.82. The second-order valence-electron chi connectivity index (χ2n) is 6.67. The molecule has 4 heteroatoms. The fourth-order valence-electron chi connectivity index (χ4n) is 3.13. The van der Waals surface area contributed by atoms with E-state index in [1.807, 2.05) is 30.3 Å². The number of hydrogen-bond donors (Lipinski definition) is 2. The number of pyridine rings is 1. The lowest BCUT2D eigenvalue weighted by molar-refractivity contribution is 0.0953. The van der Waals surface area contributed by atoms with Gasteiger partial charge in [0, 0.05) is 17.6 Å². The monoisotopic (exact) mass is 311 g/mol. The number of aromatic nitrogens is 1. The minimum atomic E-state index is 0.0106. The zero-order valence-corrected chi connectivity index (χ0v) is 13.9. The average molecular weight is 311 g/mol. The lowest BCUT2D eigenvalue weighted by Gasteiger charge is -2.13. The average Bonchev–Trinajstić information content (AvgIpc) is 3.07. The van der Waals surface area contributed by atoms with Gasteiger partial charge in [-0.15, -0.1) is 0 Å². The maximum atomic E-state index is 12.7. The summed E-state index contributed by atoms with van der Waals surface area (Å²) in [6.07, 6.45) is 2.25. The molecule has 4 nitrogen and oxygen atoms in total. The molecule has 0 radical (unpaired) electrons. The first kappa shape index (κ1) is 15.9. The van der Waals surface area contributed by atoms with Gasteiger partial charge >= 0.3 is 0 Å². The van der Waals surface area contributed by atoms with Crippen molar-refractivity contribution < 1.29 is 4.79 Å². The fraction of sp³-hybridized carbons (Fsp3) is 0.474. The van der Waals surface area contributed by atoms with Gasteiger partial charge < -0.3 is 10.6 Å². The lowest BCUT2D eigenvalue weighted by Crippen LogP contribution is -2.27. The molecule has 1 aromatic carbocycles. The first-order valence-electron chi connectivity index (χ1n) is 8.53. The van der Waals surface area contributed by atoms with Crippen molar-refractivity contribution in [3.8, 4) is 0 Å². The second-order valence-corrected chi connectivity index (χ2v) is 6.67. The number of carbonyl (C=O) groups excluding carboxylic acids is 1. The van der Waals surface area contributed by atoms with Crippen molar-refractivity contribution in [1.29, 1.82) is 0 Å². The summed E-state index contributed by atoms with van der Waals surface area (Å²) in [6.45, 7) is 7.12. The third kappa shape index (κ3) is 3.70. The molecular weight excluding hydrogens is 286 g/mol. The highest BCUT2D eigenvalue weighted by molar-refractivity contribution is 6.06. The smallest absolute Gasteiger partial charge is 0.252 e. The van der Waals surface area contributed by atoms with Crippen LogP contribution < -0.4 is 10.6 Å². The van der Waals surface area contributed by atoms with Gasteiger partial charge in [-0.05, 0) is 49.9 Å². The summed E-state index contributed by atoms with van der Waals surface area (Å²) in [5.41, 5.74) is 2.60. The van der Waals surface area contributed by atoms with Gasteiger partial charge in [-0.2, -0.15) is 0 Å². The van der Waals surface area contributed by atoms with Crippen LogP contribution in [-0.2, 0) is 0 Å². The highest BCUT2D eigenvalue weighted by Crippen LogP contribution is 2.22. The van der Waals surface area contributed by atoms with Gasteiger partial charge in [-0.3, -0.25) is 9.78 Å². The third-order valence-corrected chi connectivity index (χ3v) is 4.57. The summed E-state index contributed by atoms with van der Waals surface area (Å²) in [5.74, 6) is 1.00. The Morgan fingerprint density at radius 2 is 2.22 bits per heavy atom. The van der Waals surface area contributed by atoms with E-state index in [-0.39, 0.29) is 5.91 Å². The van der Waals surface area contributed by atoms with Crippen LogP contribution in [0.1, 0.15) is 48.7 Å². The number of hydrogen-bond acceptors (Lipinski definition) is 3. The first-order valence-corrected chi connectivity index (χ1v) is 8.53. The van der Waals surface area contributed by atoms with Gasteiger partial charge in [-0.1, -0.05) is 32.0 Å². The summed E-state index contributed by atoms with van der Waals surface area (Å²) >= 11 is 0. The van der Waals surface area contributed by atoms with Crippen LogP contribution >= 0.6 is 0 Å². The van der Waals surface area contributed by atoms with E-state index in [4.69, 9.17) is 0 Å². The maximum absolute atomic E-state index is 12.7. The predicted molar refractivity (Wildman–Crippen MR) is 93.8 cm³/mol. The van der Waals surface area contributed by atoms with E-state index in [1.165, 1.54) is 6.42 Å². The number of fused-ring (bicyclic) bond motifs is 1. The Bertz CT molecular complexity index is 690. The van der Waals surface area contributed by atoms with Gasteiger partial charge in [0.2, 0.25) is 0 Å². The van der Waals surface area contributed by atoms with Crippen LogP contribution in [0.25, 0.3) is 10.9 Å². The zero-order chi connectivity index (χ0) is 16.2. The van der Waals surface area contributed by atoms with Crippen LogP contribution in [0.3, 0.4) is 0 Å². The Morgan fingerprint density at radius 1 is 1.39 bits per heavy atom. The van der Waals surface area contributed by atoms with Crippen LogP contribution in [0.4, 0.5) is 0 Å². The standard InChI is InChI=1S/C19H25N3O/c1-13(2)18-11-16(15-5-3-4-6-17(15)22-18)19(23)21-10-8-14-7-9-20-12-14/h3-6,11,13-14,20H,7-10,12H2,1-2H3,(H,21,23). The second kappa shape index (κ2) is 7.09. The molecule has 23 heavy (non-hydrogen) atoms. The van der Waals surface area contributed by atoms with Gasteiger partial charge in [0.25, 0.3) is 5.91 Å². The van der Waals surface area contributed by atoms with Gasteiger partial charge in [0.15, 0.2) is 0 Å². The van der Waals surface area contributed by atoms with Gasteiger partial charge in [0.05, 0.1) is 11.1 Å². The van der Waals surface area contributed by atoms with Crippen LogP contribution in [0.2, 0.25) is 0 Å². The molecule has 1 saturated heterocycles. The molecule has 1 atom stereocenters. The van der Waals surface area contributed by atoms with Crippen molar-refractivity contribution >= 4 is 16.8 Å². The van der Waals surface area contributed by atoms with E-state index in [2.05, 4.69) is 29.5 Å². The Morgan fingerprint density at radius 3 is 2.96 bits per heavy atom. The minimum Gasteiger partial charge on any atom is -0.352 e. The molecule has 122 valence electrons. The van der Waals surface area contributed by atoms with Crippen LogP contribution in [0.15, 0.2) is 30.3 Å². The molecule has 0 spiro atoms. The summed E-state index contributed by atoms with van der Waals surface area (Å²) in [4.78, 5) is 17.3. The number of carbonyl (C=O) groups is 1. The van der Waals surface area contributed by atoms with Crippen LogP contribution in [0, 0.1) is 5.92 Å². The number of para-hydroxylation sites is 1. The molecule has 1 fully saturated rings. The Hall–Kier alpha value is -1.94. The van der Waals surface area contributed by atoms with Crippen molar-refractivity contribution in [3.63, 3.8) is 0 Å². The molecule has 0 bridgehead atoms. The fourth-order valence-corrected chi connectivity index (χ4v) is 3.13. The molecule has 1 aromatic heterocycles. The Balaban J connectivity index is 1.78. The lowest BCUT2D eigenvalue weighted by atomic mass is 10.0. The molecular formula is C19H25N3O. The molecule has 2 heterocycles. The highest BCUT2D eigenvalue weighted by atomic mass is 16.1. The molecule has 2 N–H and O–H groups in total. The first-order chi connectivity index (χ1) is 11.1. The van der Waals surface area contributed by atoms with Crippen LogP contribution in [-0.4, -0.2) is 30.5 Å². The zero-order valence-electron chi connectivity index (χ0n) is 13.9. The quantitative estimate of drug-likeness (QED) is 0.892. The van der Waals surface area contributed by atoms with Crippen molar-refractivity contribution in [2.45, 2.75) is 32.6 Å². The number of nitrogens with one attached hydrogen (secondary N) is 2. The number of rotatable bonds is 5. The minimum absolute atomic E-state index is 0.0106. The van der Waals surface area contributed by atoms with E-state index in [1.54, 1.807) is 0 Å². The van der Waals surface area contributed by atoms with E-state index in [0.29, 0.717) is 11.8 Å². The van der Waals surface area contributed by atoms with Gasteiger partial charge in [0.1, 0.15) is 0 Å². The maximum Gasteiger partial charge on any atom is 0.252 e. The topological polar surface area (TPSA) is 54.0 Å². The number of nitrogens with zero attached hydrogens (tertiary/aromatic N) is 1. The number of amides is 1. The molecule has 2 aromatic rings. The predicted octanol–water partition coefficient (Wildman–Crippen LogP) is 3.09. The number of benzene rings is 1. The van der Waals surface area contributed by atoms with E-state index in [0.717, 1.165) is 48.2 Å². The molecule has 1 aliphatic rings. The van der Waals surface area contributed by atoms with Crippen molar-refractivity contribution in [2.24, 2.45) is 5.92 Å². The normalized spacial score (nSPS) is 17.8. The molecule has 1 aliphatic heterocycles. The summed E-state index contributed by atoms with van der Waals surface area (Å²) in [7, 11) is 0. The largest absolute Gasteiger partial charge is 0.352 e. The molecule has 1 amide bonds. The third-order valence-electron chi connectivity index (χ3n) is 4.57. The van der Waals surface area contributed by atoms with Crippen molar-refractivity contribution in [1.82, 2.24) is 15.6 Å². The Kier molecular flexibility index (Phi) is 4.91.